The second-order valence-electron chi connectivity index (χ2n) is 6.58. The standard InChI is InChI=1S/C14H21BO2/c1-6-9(2)15-16-12-8-10-7-11(13(10,3)4)14(12,5)17-15/h6,10-12H,1-2,7-8H2,3-5H3/t10-,11-,12?,14-/m0/s1. The van der Waals surface area contributed by atoms with Crippen LogP contribution in [0.2, 0.25) is 0 Å². The van der Waals surface area contributed by atoms with Gasteiger partial charge < -0.3 is 9.31 Å². The molecule has 4 fully saturated rings. The molecule has 0 aromatic rings. The zero-order valence-electron chi connectivity index (χ0n) is 11.0. The predicted molar refractivity (Wildman–Crippen MR) is 69.4 cm³/mol. The highest BCUT2D eigenvalue weighted by Gasteiger charge is 2.67. The smallest absolute Gasteiger partial charge is 0.402 e. The molecular weight excluding hydrogens is 211 g/mol. The van der Waals surface area contributed by atoms with Crippen LogP contribution in [-0.2, 0) is 9.31 Å². The molecule has 4 rings (SSSR count). The molecule has 0 radical (unpaired) electrons. The van der Waals surface area contributed by atoms with Gasteiger partial charge in [0.05, 0.1) is 11.7 Å². The summed E-state index contributed by atoms with van der Waals surface area (Å²) in [6.45, 7) is 14.6. The third kappa shape index (κ3) is 1.30. The normalized spacial score (nSPS) is 46.1. The van der Waals surface area contributed by atoms with Crippen molar-refractivity contribution in [3.05, 3.63) is 24.7 Å². The van der Waals surface area contributed by atoms with Gasteiger partial charge in [-0.05, 0) is 42.5 Å². The number of hydrogen-bond donors (Lipinski definition) is 0. The topological polar surface area (TPSA) is 18.5 Å². The van der Waals surface area contributed by atoms with Gasteiger partial charge in [0.15, 0.2) is 0 Å². The summed E-state index contributed by atoms with van der Waals surface area (Å²) in [5, 5.41) is 0. The quantitative estimate of drug-likeness (QED) is 0.538. The molecule has 0 N–H and O–H groups in total. The Bertz CT molecular complexity index is 390. The molecule has 1 heterocycles. The second-order valence-corrected chi connectivity index (χ2v) is 6.58. The average Bonchev–Trinajstić information content (AvgIpc) is 2.64. The Labute approximate surface area is 104 Å². The minimum atomic E-state index is -0.280. The Kier molecular flexibility index (Phi) is 2.22. The zero-order valence-corrected chi connectivity index (χ0v) is 11.0. The Morgan fingerprint density at radius 2 is 2.06 bits per heavy atom. The molecule has 17 heavy (non-hydrogen) atoms. The molecule has 0 spiro atoms. The van der Waals surface area contributed by atoms with Crippen molar-refractivity contribution in [3.63, 3.8) is 0 Å². The summed E-state index contributed by atoms with van der Waals surface area (Å²) in [6.07, 6.45) is 4.39. The van der Waals surface area contributed by atoms with Gasteiger partial charge in [-0.15, -0.1) is 0 Å². The molecule has 1 aliphatic heterocycles. The molecule has 3 saturated carbocycles. The summed E-state index contributed by atoms with van der Waals surface area (Å²) in [5.41, 5.74) is 1.11. The minimum Gasteiger partial charge on any atom is -0.402 e. The van der Waals surface area contributed by atoms with E-state index in [1.54, 1.807) is 6.08 Å². The summed E-state index contributed by atoms with van der Waals surface area (Å²) < 4.78 is 12.2. The summed E-state index contributed by atoms with van der Waals surface area (Å²) >= 11 is 0. The van der Waals surface area contributed by atoms with Crippen molar-refractivity contribution in [1.29, 1.82) is 0 Å². The Morgan fingerprint density at radius 3 is 2.65 bits per heavy atom. The van der Waals surface area contributed by atoms with Gasteiger partial charge in [0.2, 0.25) is 0 Å². The lowest BCUT2D eigenvalue weighted by Crippen LogP contribution is -2.65. The van der Waals surface area contributed by atoms with E-state index in [9.17, 15) is 0 Å². The monoisotopic (exact) mass is 232 g/mol. The van der Waals surface area contributed by atoms with E-state index in [-0.39, 0.29) is 18.8 Å². The number of allylic oxidation sites excluding steroid dienone is 2. The number of hydrogen-bond acceptors (Lipinski definition) is 2. The van der Waals surface area contributed by atoms with E-state index in [1.165, 1.54) is 6.42 Å². The summed E-state index contributed by atoms with van der Waals surface area (Å²) in [4.78, 5) is 0. The van der Waals surface area contributed by atoms with E-state index in [4.69, 9.17) is 9.31 Å². The maximum absolute atomic E-state index is 6.20. The van der Waals surface area contributed by atoms with Crippen molar-refractivity contribution in [1.82, 2.24) is 0 Å². The van der Waals surface area contributed by atoms with Gasteiger partial charge >= 0.3 is 7.12 Å². The molecule has 2 nitrogen and oxygen atoms in total. The van der Waals surface area contributed by atoms with Crippen molar-refractivity contribution < 1.29 is 9.31 Å². The van der Waals surface area contributed by atoms with Crippen molar-refractivity contribution >= 4 is 7.12 Å². The molecule has 0 amide bonds. The minimum absolute atomic E-state index is 0.130. The van der Waals surface area contributed by atoms with Gasteiger partial charge in [0.25, 0.3) is 0 Å². The lowest BCUT2D eigenvalue weighted by Gasteiger charge is -2.64. The third-order valence-corrected chi connectivity index (χ3v) is 5.51. The van der Waals surface area contributed by atoms with E-state index in [0.717, 1.165) is 17.8 Å². The van der Waals surface area contributed by atoms with E-state index in [0.29, 0.717) is 11.3 Å². The van der Waals surface area contributed by atoms with Gasteiger partial charge in [-0.3, -0.25) is 0 Å². The maximum Gasteiger partial charge on any atom is 0.494 e. The van der Waals surface area contributed by atoms with Crippen LogP contribution in [0.1, 0.15) is 33.6 Å². The Morgan fingerprint density at radius 1 is 1.35 bits per heavy atom. The molecule has 0 aromatic heterocycles. The molecule has 3 aliphatic carbocycles. The molecule has 1 unspecified atom stereocenters. The van der Waals surface area contributed by atoms with Crippen molar-refractivity contribution in [2.45, 2.75) is 45.3 Å². The molecule has 4 atom stereocenters. The second kappa shape index (κ2) is 3.27. The molecule has 4 aliphatic rings. The first kappa shape index (κ1) is 11.5. The van der Waals surface area contributed by atoms with Gasteiger partial charge in [0.1, 0.15) is 0 Å². The number of rotatable bonds is 2. The van der Waals surface area contributed by atoms with Crippen LogP contribution >= 0.6 is 0 Å². The first-order valence-corrected chi connectivity index (χ1v) is 6.54. The molecule has 3 heteroatoms. The SMILES string of the molecule is C=CC(=C)B1OC2C[C@@H]3C[C@@H](C3(C)C)[C@]2(C)O1. The van der Waals surface area contributed by atoms with Crippen LogP contribution in [0.15, 0.2) is 24.7 Å². The fourth-order valence-corrected chi connectivity index (χ4v) is 4.12. The molecule has 1 saturated heterocycles. The highest BCUT2D eigenvalue weighted by molar-refractivity contribution is 6.55. The first-order valence-electron chi connectivity index (χ1n) is 6.54. The zero-order chi connectivity index (χ0) is 12.4. The van der Waals surface area contributed by atoms with Crippen LogP contribution in [0.3, 0.4) is 0 Å². The average molecular weight is 232 g/mol. The molecule has 92 valence electrons. The van der Waals surface area contributed by atoms with E-state index in [1.807, 2.05) is 0 Å². The van der Waals surface area contributed by atoms with Gasteiger partial charge in [-0.2, -0.15) is 0 Å². The van der Waals surface area contributed by atoms with E-state index < -0.39 is 0 Å². The lowest BCUT2D eigenvalue weighted by atomic mass is 9.43. The van der Waals surface area contributed by atoms with Crippen LogP contribution in [0.4, 0.5) is 0 Å². The summed E-state index contributed by atoms with van der Waals surface area (Å²) in [6, 6.07) is 0. The van der Waals surface area contributed by atoms with Crippen molar-refractivity contribution in [2.75, 3.05) is 0 Å². The predicted octanol–water partition coefficient (Wildman–Crippen LogP) is 3.00. The maximum atomic E-state index is 6.20. The Balaban J connectivity index is 1.87. The molecule has 0 aromatic carbocycles. The van der Waals surface area contributed by atoms with Gasteiger partial charge in [-0.25, -0.2) is 0 Å². The van der Waals surface area contributed by atoms with Crippen LogP contribution < -0.4 is 0 Å². The first-order chi connectivity index (χ1) is 7.89. The molecular formula is C14H21BO2. The lowest BCUT2D eigenvalue weighted by molar-refractivity contribution is -0.199. The van der Waals surface area contributed by atoms with Crippen LogP contribution in [0.25, 0.3) is 0 Å². The van der Waals surface area contributed by atoms with Gasteiger partial charge in [0, 0.05) is 0 Å². The molecule has 2 bridgehead atoms. The third-order valence-electron chi connectivity index (χ3n) is 5.51. The summed E-state index contributed by atoms with van der Waals surface area (Å²) in [5.74, 6) is 1.41. The fourth-order valence-electron chi connectivity index (χ4n) is 4.12. The van der Waals surface area contributed by atoms with Crippen molar-refractivity contribution in [3.8, 4) is 0 Å². The van der Waals surface area contributed by atoms with E-state index >= 15 is 0 Å². The van der Waals surface area contributed by atoms with Crippen LogP contribution in [-0.4, -0.2) is 18.8 Å². The van der Waals surface area contributed by atoms with Crippen LogP contribution in [0.5, 0.6) is 0 Å². The van der Waals surface area contributed by atoms with Crippen molar-refractivity contribution in [2.24, 2.45) is 17.3 Å². The van der Waals surface area contributed by atoms with Crippen LogP contribution in [0, 0.1) is 17.3 Å². The van der Waals surface area contributed by atoms with E-state index in [2.05, 4.69) is 33.9 Å². The fraction of sp³-hybridized carbons (Fsp3) is 0.714. The van der Waals surface area contributed by atoms with Gasteiger partial charge in [-0.1, -0.05) is 33.1 Å². The summed E-state index contributed by atoms with van der Waals surface area (Å²) in [7, 11) is -0.280. The largest absolute Gasteiger partial charge is 0.494 e. The highest BCUT2D eigenvalue weighted by atomic mass is 16.7. The highest BCUT2D eigenvalue weighted by Crippen LogP contribution is 2.65. The Hall–Kier alpha value is -0.535.